The highest BCUT2D eigenvalue weighted by Gasteiger charge is 2.21. The predicted octanol–water partition coefficient (Wildman–Crippen LogP) is 2.34. The Morgan fingerprint density at radius 1 is 1.33 bits per heavy atom. The molecule has 1 aromatic heterocycles. The monoisotopic (exact) mass is 290 g/mol. The first kappa shape index (κ1) is 15.6. The smallest absolute Gasteiger partial charge is 0.213 e. The van der Waals surface area contributed by atoms with Gasteiger partial charge in [-0.2, -0.15) is 0 Å². The van der Waals surface area contributed by atoms with Crippen LogP contribution in [0.1, 0.15) is 38.7 Å². The number of nitrogens with one attached hydrogen (secondary N) is 2. The van der Waals surface area contributed by atoms with Crippen molar-refractivity contribution in [3.8, 4) is 5.88 Å². The van der Waals surface area contributed by atoms with Gasteiger partial charge in [-0.3, -0.25) is 0 Å². The van der Waals surface area contributed by atoms with Crippen molar-refractivity contribution < 1.29 is 4.74 Å². The van der Waals surface area contributed by atoms with Gasteiger partial charge in [-0.05, 0) is 37.7 Å². The van der Waals surface area contributed by atoms with Crippen LogP contribution in [-0.2, 0) is 6.54 Å². The Balaban J connectivity index is 1.82. The van der Waals surface area contributed by atoms with Gasteiger partial charge in [-0.15, -0.1) is 0 Å². The number of aliphatic imine (C=N–C) groups is 1. The number of ether oxygens (including phenoxy) is 1. The van der Waals surface area contributed by atoms with Crippen molar-refractivity contribution in [2.75, 3.05) is 19.7 Å². The Kier molecular flexibility index (Phi) is 6.31. The van der Waals surface area contributed by atoms with E-state index < -0.39 is 0 Å². The Labute approximate surface area is 127 Å². The minimum Gasteiger partial charge on any atom is -0.477 e. The maximum Gasteiger partial charge on any atom is 0.213 e. The molecule has 116 valence electrons. The lowest BCUT2D eigenvalue weighted by molar-refractivity contribution is 0.288. The Bertz CT molecular complexity index is 440. The van der Waals surface area contributed by atoms with Gasteiger partial charge in [0.25, 0.3) is 0 Å². The second-order valence-corrected chi connectivity index (χ2v) is 5.38. The fourth-order valence-electron chi connectivity index (χ4n) is 1.83. The van der Waals surface area contributed by atoms with E-state index in [4.69, 9.17) is 4.74 Å². The molecule has 0 atom stereocenters. The summed E-state index contributed by atoms with van der Waals surface area (Å²) in [6.07, 6.45) is 5.52. The second kappa shape index (κ2) is 8.49. The fraction of sp³-hybridized carbons (Fsp3) is 0.625. The first-order chi connectivity index (χ1) is 10.3. The van der Waals surface area contributed by atoms with E-state index in [1.807, 2.05) is 18.3 Å². The standard InChI is InChI=1S/C16H26N4O/c1-3-9-18-16(17-4-2)20-11-14-7-8-15(19-10-14)21-12-13-5-6-13/h7-8,10,13H,3-6,9,11-12H2,1-2H3,(H2,17,18,20). The zero-order valence-corrected chi connectivity index (χ0v) is 13.1. The zero-order valence-electron chi connectivity index (χ0n) is 13.1. The maximum absolute atomic E-state index is 5.63. The molecule has 0 amide bonds. The summed E-state index contributed by atoms with van der Waals surface area (Å²) in [7, 11) is 0. The summed E-state index contributed by atoms with van der Waals surface area (Å²) >= 11 is 0. The highest BCUT2D eigenvalue weighted by Crippen LogP contribution is 2.29. The van der Waals surface area contributed by atoms with Crippen LogP contribution in [0.15, 0.2) is 23.3 Å². The van der Waals surface area contributed by atoms with Gasteiger partial charge in [0.2, 0.25) is 5.88 Å². The molecule has 1 aromatic rings. The van der Waals surface area contributed by atoms with Gasteiger partial charge in [0, 0.05) is 25.4 Å². The molecule has 0 aliphatic heterocycles. The molecule has 21 heavy (non-hydrogen) atoms. The lowest BCUT2D eigenvalue weighted by Gasteiger charge is -2.10. The molecule has 1 fully saturated rings. The first-order valence-corrected chi connectivity index (χ1v) is 7.91. The van der Waals surface area contributed by atoms with Gasteiger partial charge in [0.1, 0.15) is 0 Å². The zero-order chi connectivity index (χ0) is 14.9. The number of aromatic nitrogens is 1. The molecule has 1 saturated carbocycles. The molecule has 0 spiro atoms. The third kappa shape index (κ3) is 6.02. The summed E-state index contributed by atoms with van der Waals surface area (Å²) in [5.41, 5.74) is 1.09. The molecule has 0 aromatic carbocycles. The van der Waals surface area contributed by atoms with Gasteiger partial charge >= 0.3 is 0 Å². The van der Waals surface area contributed by atoms with E-state index in [1.54, 1.807) is 0 Å². The molecule has 2 N–H and O–H groups in total. The van der Waals surface area contributed by atoms with Crippen LogP contribution in [0.3, 0.4) is 0 Å². The lowest BCUT2D eigenvalue weighted by Crippen LogP contribution is -2.37. The van der Waals surface area contributed by atoms with Crippen molar-refractivity contribution in [3.05, 3.63) is 23.9 Å². The molecule has 5 nitrogen and oxygen atoms in total. The summed E-state index contributed by atoms with van der Waals surface area (Å²) in [6.45, 7) is 7.42. The molecular weight excluding hydrogens is 264 g/mol. The summed E-state index contributed by atoms with van der Waals surface area (Å²) in [5, 5.41) is 6.52. The molecule has 1 aliphatic rings. The average Bonchev–Trinajstić information content (AvgIpc) is 3.33. The van der Waals surface area contributed by atoms with Gasteiger partial charge in [-0.1, -0.05) is 13.0 Å². The van der Waals surface area contributed by atoms with Crippen molar-refractivity contribution in [3.63, 3.8) is 0 Å². The van der Waals surface area contributed by atoms with Crippen molar-refractivity contribution in [1.29, 1.82) is 0 Å². The van der Waals surface area contributed by atoms with E-state index >= 15 is 0 Å². The Hall–Kier alpha value is -1.78. The minimum absolute atomic E-state index is 0.620. The Morgan fingerprint density at radius 2 is 2.19 bits per heavy atom. The summed E-state index contributed by atoms with van der Waals surface area (Å²) in [4.78, 5) is 8.88. The third-order valence-corrected chi connectivity index (χ3v) is 3.27. The number of nitrogens with zero attached hydrogens (tertiary/aromatic N) is 2. The van der Waals surface area contributed by atoms with Gasteiger partial charge < -0.3 is 15.4 Å². The topological polar surface area (TPSA) is 58.5 Å². The van der Waals surface area contributed by atoms with E-state index in [9.17, 15) is 0 Å². The molecule has 0 unspecified atom stereocenters. The summed E-state index contributed by atoms with van der Waals surface area (Å²) in [5.74, 6) is 2.32. The third-order valence-electron chi connectivity index (χ3n) is 3.27. The summed E-state index contributed by atoms with van der Waals surface area (Å²) < 4.78 is 5.63. The minimum atomic E-state index is 0.620. The number of rotatable bonds is 8. The first-order valence-electron chi connectivity index (χ1n) is 7.91. The van der Waals surface area contributed by atoms with Crippen LogP contribution < -0.4 is 15.4 Å². The molecule has 5 heteroatoms. The molecule has 1 heterocycles. The van der Waals surface area contributed by atoms with Gasteiger partial charge in [0.15, 0.2) is 5.96 Å². The quantitative estimate of drug-likeness (QED) is 0.570. The molecular formula is C16H26N4O. The van der Waals surface area contributed by atoms with Crippen LogP contribution in [0.2, 0.25) is 0 Å². The van der Waals surface area contributed by atoms with E-state index in [1.165, 1.54) is 12.8 Å². The van der Waals surface area contributed by atoms with Crippen molar-refractivity contribution >= 4 is 5.96 Å². The maximum atomic E-state index is 5.63. The van der Waals surface area contributed by atoms with Crippen LogP contribution in [0.4, 0.5) is 0 Å². The molecule has 1 aliphatic carbocycles. The van der Waals surface area contributed by atoms with Gasteiger partial charge in [-0.25, -0.2) is 9.98 Å². The van der Waals surface area contributed by atoms with Crippen LogP contribution in [0.25, 0.3) is 0 Å². The molecule has 0 saturated heterocycles. The SMILES string of the molecule is CCCNC(=NCc1ccc(OCC2CC2)nc1)NCC. The largest absolute Gasteiger partial charge is 0.477 e. The van der Waals surface area contributed by atoms with Crippen LogP contribution >= 0.6 is 0 Å². The molecule has 2 rings (SSSR count). The van der Waals surface area contributed by atoms with Crippen molar-refractivity contribution in [2.24, 2.45) is 10.9 Å². The number of hydrogen-bond acceptors (Lipinski definition) is 3. The fourth-order valence-corrected chi connectivity index (χ4v) is 1.83. The normalized spacial score (nSPS) is 14.9. The lowest BCUT2D eigenvalue weighted by atomic mass is 10.3. The van der Waals surface area contributed by atoms with E-state index in [2.05, 4.69) is 34.5 Å². The predicted molar refractivity (Wildman–Crippen MR) is 85.6 cm³/mol. The number of pyridine rings is 1. The van der Waals surface area contributed by atoms with Crippen molar-refractivity contribution in [1.82, 2.24) is 15.6 Å². The van der Waals surface area contributed by atoms with E-state index in [0.29, 0.717) is 12.4 Å². The van der Waals surface area contributed by atoms with Gasteiger partial charge in [0.05, 0.1) is 13.2 Å². The number of hydrogen-bond donors (Lipinski definition) is 2. The Morgan fingerprint density at radius 3 is 2.81 bits per heavy atom. The van der Waals surface area contributed by atoms with Crippen molar-refractivity contribution in [2.45, 2.75) is 39.7 Å². The molecule has 0 radical (unpaired) electrons. The number of guanidine groups is 1. The van der Waals surface area contributed by atoms with E-state index in [0.717, 1.165) is 43.6 Å². The average molecular weight is 290 g/mol. The highest BCUT2D eigenvalue weighted by molar-refractivity contribution is 5.79. The van der Waals surface area contributed by atoms with E-state index in [-0.39, 0.29) is 0 Å². The van der Waals surface area contributed by atoms with Crippen LogP contribution in [0.5, 0.6) is 5.88 Å². The van der Waals surface area contributed by atoms with Crippen LogP contribution in [0, 0.1) is 5.92 Å². The highest BCUT2D eigenvalue weighted by atomic mass is 16.5. The molecule has 0 bridgehead atoms. The van der Waals surface area contributed by atoms with Crippen LogP contribution in [-0.4, -0.2) is 30.6 Å². The second-order valence-electron chi connectivity index (χ2n) is 5.38. The summed E-state index contributed by atoms with van der Waals surface area (Å²) in [6, 6.07) is 3.96.